The van der Waals surface area contributed by atoms with Gasteiger partial charge < -0.3 is 10.2 Å². The first kappa shape index (κ1) is 15.0. The van der Waals surface area contributed by atoms with Crippen molar-refractivity contribution < 1.29 is 0 Å². The molecule has 0 heterocycles. The van der Waals surface area contributed by atoms with Gasteiger partial charge in [0.2, 0.25) is 0 Å². The van der Waals surface area contributed by atoms with E-state index >= 15 is 0 Å². The van der Waals surface area contributed by atoms with Crippen LogP contribution in [0.15, 0.2) is 30.3 Å². The Bertz CT molecular complexity index is 323. The van der Waals surface area contributed by atoms with Gasteiger partial charge in [0.05, 0.1) is 0 Å². The zero-order chi connectivity index (χ0) is 13.4. The molecule has 102 valence electrons. The molecule has 0 amide bonds. The van der Waals surface area contributed by atoms with Crippen molar-refractivity contribution in [3.05, 3.63) is 30.3 Å². The van der Waals surface area contributed by atoms with E-state index in [-0.39, 0.29) is 0 Å². The summed E-state index contributed by atoms with van der Waals surface area (Å²) >= 11 is 0. The minimum absolute atomic E-state index is 0.333. The van der Waals surface area contributed by atoms with E-state index < -0.39 is 0 Å². The second-order valence-electron chi connectivity index (χ2n) is 5.53. The molecule has 1 aromatic carbocycles. The van der Waals surface area contributed by atoms with Crippen LogP contribution in [0, 0.1) is 5.41 Å². The summed E-state index contributed by atoms with van der Waals surface area (Å²) in [5, 5.41) is 3.56. The first-order valence-electron chi connectivity index (χ1n) is 7.08. The van der Waals surface area contributed by atoms with Gasteiger partial charge in [-0.2, -0.15) is 0 Å². The number of rotatable bonds is 8. The zero-order valence-corrected chi connectivity index (χ0v) is 12.4. The predicted octanol–water partition coefficient (Wildman–Crippen LogP) is 3.54. The maximum atomic E-state index is 3.56. The van der Waals surface area contributed by atoms with Gasteiger partial charge >= 0.3 is 0 Å². The monoisotopic (exact) mass is 248 g/mol. The molecule has 1 atom stereocenters. The number of nitrogens with one attached hydrogen (secondary N) is 1. The quantitative estimate of drug-likeness (QED) is 0.708. The molecule has 1 unspecified atom stereocenters. The van der Waals surface area contributed by atoms with Crippen LogP contribution in [0.2, 0.25) is 0 Å². The summed E-state index contributed by atoms with van der Waals surface area (Å²) in [5.41, 5.74) is 1.63. The molecular weight excluding hydrogens is 220 g/mol. The van der Waals surface area contributed by atoms with Crippen molar-refractivity contribution in [1.29, 1.82) is 0 Å². The van der Waals surface area contributed by atoms with Crippen molar-refractivity contribution >= 4 is 5.69 Å². The Labute approximate surface area is 112 Å². The lowest BCUT2D eigenvalue weighted by Gasteiger charge is -2.34. The highest BCUT2D eigenvalue weighted by Gasteiger charge is 2.23. The van der Waals surface area contributed by atoms with Crippen LogP contribution >= 0.6 is 0 Å². The fraction of sp³-hybridized carbons (Fsp3) is 0.625. The molecule has 0 radical (unpaired) electrons. The lowest BCUT2D eigenvalue weighted by atomic mass is 9.86. The summed E-state index contributed by atoms with van der Waals surface area (Å²) < 4.78 is 0. The van der Waals surface area contributed by atoms with Crippen molar-refractivity contribution in [3.63, 3.8) is 0 Å². The molecule has 0 saturated carbocycles. The van der Waals surface area contributed by atoms with E-state index in [0.717, 1.165) is 19.6 Å². The average Bonchev–Trinajstić information content (AvgIpc) is 2.40. The number of hydrogen-bond donors (Lipinski definition) is 1. The maximum absolute atomic E-state index is 3.56. The van der Waals surface area contributed by atoms with Gasteiger partial charge in [0.1, 0.15) is 0 Å². The fourth-order valence-corrected chi connectivity index (χ4v) is 2.21. The van der Waals surface area contributed by atoms with Crippen LogP contribution in [0.25, 0.3) is 0 Å². The summed E-state index contributed by atoms with van der Waals surface area (Å²) in [6.45, 7) is 10.2. The number of hydrogen-bond acceptors (Lipinski definition) is 2. The summed E-state index contributed by atoms with van der Waals surface area (Å²) in [6.07, 6.45) is 2.40. The molecule has 0 aliphatic carbocycles. The standard InChI is InChI=1S/C16H28N2/c1-5-12-17-13-16(3,6-2)14-18(4)15-10-8-7-9-11-15/h7-11,17H,5-6,12-14H2,1-4H3. The van der Waals surface area contributed by atoms with Crippen molar-refractivity contribution in [1.82, 2.24) is 5.32 Å². The highest BCUT2D eigenvalue weighted by molar-refractivity contribution is 5.45. The van der Waals surface area contributed by atoms with Crippen LogP contribution in [0.3, 0.4) is 0 Å². The van der Waals surface area contributed by atoms with Gasteiger partial charge in [-0.15, -0.1) is 0 Å². The van der Waals surface area contributed by atoms with E-state index in [2.05, 4.69) is 68.4 Å². The number of para-hydroxylation sites is 1. The Hall–Kier alpha value is -1.02. The van der Waals surface area contributed by atoms with Crippen LogP contribution in [0.5, 0.6) is 0 Å². The highest BCUT2D eigenvalue weighted by Crippen LogP contribution is 2.24. The highest BCUT2D eigenvalue weighted by atomic mass is 15.1. The van der Waals surface area contributed by atoms with Crippen LogP contribution in [0.4, 0.5) is 5.69 Å². The first-order chi connectivity index (χ1) is 8.61. The lowest BCUT2D eigenvalue weighted by Crippen LogP contribution is -2.41. The van der Waals surface area contributed by atoms with Gasteiger partial charge in [-0.25, -0.2) is 0 Å². The van der Waals surface area contributed by atoms with Crippen molar-refractivity contribution in [2.75, 3.05) is 31.6 Å². The molecule has 1 rings (SSSR count). The van der Waals surface area contributed by atoms with Gasteiger partial charge in [-0.05, 0) is 36.9 Å². The van der Waals surface area contributed by atoms with Crippen LogP contribution < -0.4 is 10.2 Å². The Morgan fingerprint density at radius 2 is 1.83 bits per heavy atom. The van der Waals surface area contributed by atoms with E-state index in [1.54, 1.807) is 0 Å². The minimum atomic E-state index is 0.333. The van der Waals surface area contributed by atoms with Gasteiger partial charge in [-0.3, -0.25) is 0 Å². The van der Waals surface area contributed by atoms with Crippen molar-refractivity contribution in [2.24, 2.45) is 5.41 Å². The van der Waals surface area contributed by atoms with E-state index in [1.807, 2.05) is 0 Å². The molecule has 0 fully saturated rings. The third-order valence-electron chi connectivity index (χ3n) is 3.65. The lowest BCUT2D eigenvalue weighted by molar-refractivity contribution is 0.300. The maximum Gasteiger partial charge on any atom is 0.0363 e. The van der Waals surface area contributed by atoms with E-state index in [0.29, 0.717) is 5.41 Å². The van der Waals surface area contributed by atoms with Crippen molar-refractivity contribution in [3.8, 4) is 0 Å². The number of anilines is 1. The van der Waals surface area contributed by atoms with Gasteiger partial charge in [0.25, 0.3) is 0 Å². The molecule has 0 aromatic heterocycles. The average molecular weight is 248 g/mol. The number of benzene rings is 1. The summed E-state index contributed by atoms with van der Waals surface area (Å²) in [5.74, 6) is 0. The van der Waals surface area contributed by atoms with Crippen LogP contribution in [-0.2, 0) is 0 Å². The molecule has 18 heavy (non-hydrogen) atoms. The second kappa shape index (κ2) is 7.42. The Balaban J connectivity index is 2.56. The van der Waals surface area contributed by atoms with Crippen LogP contribution in [0.1, 0.15) is 33.6 Å². The summed E-state index contributed by atoms with van der Waals surface area (Å²) in [7, 11) is 2.18. The Kier molecular flexibility index (Phi) is 6.20. The van der Waals surface area contributed by atoms with Gasteiger partial charge in [0, 0.05) is 25.8 Å². The largest absolute Gasteiger partial charge is 0.374 e. The fourth-order valence-electron chi connectivity index (χ4n) is 2.21. The molecule has 2 heteroatoms. The topological polar surface area (TPSA) is 15.3 Å². The van der Waals surface area contributed by atoms with E-state index in [1.165, 1.54) is 18.5 Å². The molecular formula is C16H28N2. The SMILES string of the molecule is CCCNCC(C)(CC)CN(C)c1ccccc1. The van der Waals surface area contributed by atoms with Crippen LogP contribution in [-0.4, -0.2) is 26.7 Å². The third kappa shape index (κ3) is 4.69. The zero-order valence-electron chi connectivity index (χ0n) is 12.4. The molecule has 1 aromatic rings. The normalized spacial score (nSPS) is 14.2. The van der Waals surface area contributed by atoms with Crippen molar-refractivity contribution in [2.45, 2.75) is 33.6 Å². The molecule has 1 N–H and O–H groups in total. The van der Waals surface area contributed by atoms with Gasteiger partial charge in [-0.1, -0.05) is 39.0 Å². The summed E-state index contributed by atoms with van der Waals surface area (Å²) in [4.78, 5) is 2.36. The molecule has 0 aliphatic rings. The second-order valence-corrected chi connectivity index (χ2v) is 5.53. The third-order valence-corrected chi connectivity index (χ3v) is 3.65. The van der Waals surface area contributed by atoms with Gasteiger partial charge in [0.15, 0.2) is 0 Å². The smallest absolute Gasteiger partial charge is 0.0363 e. The molecule has 2 nitrogen and oxygen atoms in total. The molecule has 0 bridgehead atoms. The molecule has 0 spiro atoms. The Morgan fingerprint density at radius 1 is 1.17 bits per heavy atom. The minimum Gasteiger partial charge on any atom is -0.374 e. The first-order valence-corrected chi connectivity index (χ1v) is 7.08. The molecule has 0 saturated heterocycles. The number of nitrogens with zero attached hydrogens (tertiary/aromatic N) is 1. The van der Waals surface area contributed by atoms with E-state index in [9.17, 15) is 0 Å². The van der Waals surface area contributed by atoms with E-state index in [4.69, 9.17) is 0 Å². The Morgan fingerprint density at radius 3 is 2.39 bits per heavy atom. The summed E-state index contributed by atoms with van der Waals surface area (Å²) in [6, 6.07) is 10.6. The molecule has 0 aliphatic heterocycles. The predicted molar refractivity (Wildman–Crippen MR) is 81.3 cm³/mol.